The Morgan fingerprint density at radius 3 is 2.41 bits per heavy atom. The average molecular weight is 456 g/mol. The molecule has 2 heterocycles. The number of ether oxygens (including phenoxy) is 1. The van der Waals surface area contributed by atoms with Gasteiger partial charge in [-0.25, -0.2) is 4.79 Å². The lowest BCUT2D eigenvalue weighted by molar-refractivity contribution is 0.0698. The maximum absolute atomic E-state index is 12.8. The normalized spacial score (nSPS) is 14.2. The summed E-state index contributed by atoms with van der Waals surface area (Å²) in [5, 5.41) is 13.5. The van der Waals surface area contributed by atoms with E-state index in [9.17, 15) is 14.7 Å². The summed E-state index contributed by atoms with van der Waals surface area (Å²) in [5.74, 6) is -0.606. The van der Waals surface area contributed by atoms with Crippen LogP contribution in [0.1, 0.15) is 33.7 Å². The highest BCUT2D eigenvalue weighted by molar-refractivity contribution is 6.09. The third-order valence-corrected chi connectivity index (χ3v) is 6.11. The van der Waals surface area contributed by atoms with Gasteiger partial charge in [-0.1, -0.05) is 36.4 Å². The van der Waals surface area contributed by atoms with Crippen LogP contribution >= 0.6 is 0 Å². The van der Waals surface area contributed by atoms with Gasteiger partial charge in [0.05, 0.1) is 11.3 Å². The smallest absolute Gasteiger partial charge is 0.337 e. The Balaban J connectivity index is 1.28. The van der Waals surface area contributed by atoms with Crippen LogP contribution in [-0.4, -0.2) is 41.2 Å². The van der Waals surface area contributed by atoms with Crippen LogP contribution in [0.4, 0.5) is 11.4 Å². The highest BCUT2D eigenvalue weighted by Gasteiger charge is 2.23. The van der Waals surface area contributed by atoms with Gasteiger partial charge in [0.2, 0.25) is 0 Å². The first-order valence-corrected chi connectivity index (χ1v) is 11.3. The summed E-state index contributed by atoms with van der Waals surface area (Å²) in [6, 6.07) is 24.2. The van der Waals surface area contributed by atoms with E-state index < -0.39 is 5.97 Å². The maximum Gasteiger partial charge on any atom is 0.337 e. The number of fused-ring (bicyclic) bond motifs is 1. The number of benzene rings is 3. The maximum atomic E-state index is 12.8. The molecule has 0 unspecified atom stereocenters. The van der Waals surface area contributed by atoms with Gasteiger partial charge in [0, 0.05) is 42.5 Å². The number of aromatic carboxylic acids is 1. The Hall–Kier alpha value is -4.26. The fourth-order valence-electron chi connectivity index (χ4n) is 4.32. The zero-order valence-corrected chi connectivity index (χ0v) is 18.5. The van der Waals surface area contributed by atoms with Crippen molar-refractivity contribution in [1.29, 1.82) is 0 Å². The van der Waals surface area contributed by atoms with E-state index >= 15 is 0 Å². The molecular formula is C27H25N3O4. The molecule has 3 aromatic carbocycles. The Labute approximate surface area is 197 Å². The fraction of sp³-hybridized carbons (Fsp3) is 0.185. The van der Waals surface area contributed by atoms with E-state index in [4.69, 9.17) is 4.74 Å². The molecule has 0 radical (unpaired) electrons. The molecule has 3 N–H and O–H groups in total. The molecule has 0 atom stereocenters. The average Bonchev–Trinajstić information content (AvgIpc) is 3.30. The molecule has 34 heavy (non-hydrogen) atoms. The van der Waals surface area contributed by atoms with E-state index in [0.717, 1.165) is 48.3 Å². The quantitative estimate of drug-likeness (QED) is 0.373. The van der Waals surface area contributed by atoms with Gasteiger partial charge < -0.3 is 25.0 Å². The topological polar surface area (TPSA) is 94.7 Å². The molecule has 0 saturated carbocycles. The van der Waals surface area contributed by atoms with E-state index in [-0.39, 0.29) is 23.3 Å². The number of nitrogens with one attached hydrogen (secondary N) is 2. The summed E-state index contributed by atoms with van der Waals surface area (Å²) in [6.45, 7) is 1.52. The van der Waals surface area contributed by atoms with Crippen LogP contribution in [0, 0.1) is 0 Å². The lowest BCUT2D eigenvalue weighted by Crippen LogP contribution is -2.38. The molecule has 4 aromatic rings. The Bertz CT molecular complexity index is 1290. The van der Waals surface area contributed by atoms with Crippen LogP contribution < -0.4 is 15.0 Å². The van der Waals surface area contributed by atoms with Crippen molar-refractivity contribution in [3.63, 3.8) is 0 Å². The number of aromatic nitrogens is 1. The van der Waals surface area contributed by atoms with Gasteiger partial charge in [-0.05, 0) is 42.5 Å². The molecule has 1 aromatic heterocycles. The third kappa shape index (κ3) is 4.59. The van der Waals surface area contributed by atoms with E-state index in [0.29, 0.717) is 5.69 Å². The number of carbonyl (C=O) groups is 2. The fourth-order valence-corrected chi connectivity index (χ4v) is 4.32. The first kappa shape index (κ1) is 21.6. The zero-order valence-electron chi connectivity index (χ0n) is 18.5. The number of para-hydroxylation sites is 2. The highest BCUT2D eigenvalue weighted by atomic mass is 16.5. The van der Waals surface area contributed by atoms with Crippen molar-refractivity contribution < 1.29 is 19.4 Å². The molecule has 7 nitrogen and oxygen atoms in total. The number of nitrogens with zero attached hydrogens (tertiary/aromatic N) is 1. The van der Waals surface area contributed by atoms with Crippen molar-refractivity contribution >= 4 is 34.2 Å². The molecule has 1 aliphatic heterocycles. The van der Waals surface area contributed by atoms with Crippen molar-refractivity contribution in [2.45, 2.75) is 18.9 Å². The number of aromatic amines is 1. The summed E-state index contributed by atoms with van der Waals surface area (Å²) in [4.78, 5) is 30.0. The van der Waals surface area contributed by atoms with Gasteiger partial charge in [-0.3, -0.25) is 4.79 Å². The molecule has 1 saturated heterocycles. The molecule has 1 fully saturated rings. The summed E-state index contributed by atoms with van der Waals surface area (Å²) < 4.78 is 6.06. The van der Waals surface area contributed by atoms with Gasteiger partial charge in [0.15, 0.2) is 0 Å². The summed E-state index contributed by atoms with van der Waals surface area (Å²) >= 11 is 0. The van der Waals surface area contributed by atoms with Crippen molar-refractivity contribution in [2.75, 3.05) is 23.3 Å². The number of carboxylic acids is 1. The van der Waals surface area contributed by atoms with Crippen LogP contribution in [0.15, 0.2) is 78.9 Å². The number of H-pyrrole nitrogens is 1. The number of anilines is 2. The predicted molar refractivity (Wildman–Crippen MR) is 132 cm³/mol. The largest absolute Gasteiger partial charge is 0.490 e. The molecule has 0 spiro atoms. The van der Waals surface area contributed by atoms with Crippen LogP contribution in [0.3, 0.4) is 0 Å². The Morgan fingerprint density at radius 2 is 1.68 bits per heavy atom. The minimum absolute atomic E-state index is 0.0598. The predicted octanol–water partition coefficient (Wildman–Crippen LogP) is 5.17. The Morgan fingerprint density at radius 1 is 0.941 bits per heavy atom. The zero-order chi connectivity index (χ0) is 23.5. The van der Waals surface area contributed by atoms with Gasteiger partial charge in [0.25, 0.3) is 5.91 Å². The van der Waals surface area contributed by atoms with Crippen LogP contribution in [0.5, 0.6) is 5.75 Å². The van der Waals surface area contributed by atoms with Gasteiger partial charge in [-0.2, -0.15) is 0 Å². The van der Waals surface area contributed by atoms with Crippen LogP contribution in [0.2, 0.25) is 0 Å². The molecule has 7 heteroatoms. The van der Waals surface area contributed by atoms with Gasteiger partial charge in [-0.15, -0.1) is 0 Å². The second kappa shape index (κ2) is 9.31. The van der Waals surface area contributed by atoms with E-state index in [2.05, 4.69) is 15.2 Å². The van der Waals surface area contributed by atoms with Crippen LogP contribution in [0.25, 0.3) is 10.9 Å². The summed E-state index contributed by atoms with van der Waals surface area (Å²) in [7, 11) is 0. The Kier molecular flexibility index (Phi) is 5.91. The first-order valence-electron chi connectivity index (χ1n) is 11.3. The number of carbonyl (C=O) groups excluding carboxylic acids is 1. The third-order valence-electron chi connectivity index (χ3n) is 6.11. The number of hydrogen-bond acceptors (Lipinski definition) is 4. The van der Waals surface area contributed by atoms with Crippen molar-refractivity contribution in [2.24, 2.45) is 0 Å². The number of hydrogen-bond donors (Lipinski definition) is 3. The standard InChI is InChI=1S/C27H25N3O4/c31-26(25-16-18-6-4-5-9-23(18)28-25)29-24-11-10-19(17-22(24)27(32)33)30-14-12-21(13-15-30)34-20-7-2-1-3-8-20/h1-11,16-17,21,28H,12-15H2,(H,29,31)(H,32,33). The number of piperidine rings is 1. The summed E-state index contributed by atoms with van der Waals surface area (Å²) in [6.07, 6.45) is 1.82. The minimum Gasteiger partial charge on any atom is -0.490 e. The molecular weight excluding hydrogens is 430 g/mol. The molecule has 0 bridgehead atoms. The van der Waals surface area contributed by atoms with E-state index in [1.54, 1.807) is 18.2 Å². The number of rotatable bonds is 6. The molecule has 1 aliphatic rings. The second-order valence-electron chi connectivity index (χ2n) is 8.38. The van der Waals surface area contributed by atoms with Crippen molar-refractivity contribution in [3.05, 3.63) is 90.1 Å². The van der Waals surface area contributed by atoms with E-state index in [1.165, 1.54) is 0 Å². The second-order valence-corrected chi connectivity index (χ2v) is 8.38. The van der Waals surface area contributed by atoms with Gasteiger partial charge >= 0.3 is 5.97 Å². The first-order chi connectivity index (χ1) is 16.6. The highest BCUT2D eigenvalue weighted by Crippen LogP contribution is 2.28. The lowest BCUT2D eigenvalue weighted by atomic mass is 10.1. The number of carboxylic acid groups (broad SMARTS) is 1. The SMILES string of the molecule is O=C(Nc1ccc(N2CCC(Oc3ccccc3)CC2)cc1C(=O)O)c1cc2ccccc2[nH]1. The van der Waals surface area contributed by atoms with Gasteiger partial charge in [0.1, 0.15) is 17.5 Å². The lowest BCUT2D eigenvalue weighted by Gasteiger charge is -2.34. The summed E-state index contributed by atoms with van der Waals surface area (Å²) in [5.41, 5.74) is 2.37. The van der Waals surface area contributed by atoms with E-state index in [1.807, 2.05) is 60.7 Å². The van der Waals surface area contributed by atoms with Crippen molar-refractivity contribution in [3.8, 4) is 5.75 Å². The molecule has 0 aliphatic carbocycles. The minimum atomic E-state index is -1.09. The molecule has 5 rings (SSSR count). The van der Waals surface area contributed by atoms with Crippen molar-refractivity contribution in [1.82, 2.24) is 4.98 Å². The molecule has 1 amide bonds. The molecule has 172 valence electrons. The van der Waals surface area contributed by atoms with Crippen LogP contribution in [-0.2, 0) is 0 Å². The monoisotopic (exact) mass is 455 g/mol. The number of amides is 1.